The SMILES string of the molecule is COC(=O)c1c(NC(=O)[C@@H]2CCCO2)sc2c1CCCCCC2. The van der Waals surface area contributed by atoms with Gasteiger partial charge >= 0.3 is 5.97 Å². The van der Waals surface area contributed by atoms with Crippen molar-refractivity contribution in [2.75, 3.05) is 19.0 Å². The van der Waals surface area contributed by atoms with Crippen LogP contribution in [0.2, 0.25) is 0 Å². The molecule has 1 aliphatic carbocycles. The quantitative estimate of drug-likeness (QED) is 0.860. The highest BCUT2D eigenvalue weighted by Gasteiger charge is 2.29. The van der Waals surface area contributed by atoms with Gasteiger partial charge < -0.3 is 14.8 Å². The third kappa shape index (κ3) is 3.58. The van der Waals surface area contributed by atoms with Crippen LogP contribution in [0.15, 0.2) is 0 Å². The van der Waals surface area contributed by atoms with Crippen molar-refractivity contribution in [1.82, 2.24) is 0 Å². The van der Waals surface area contributed by atoms with Crippen molar-refractivity contribution >= 4 is 28.2 Å². The number of carbonyl (C=O) groups excluding carboxylic acids is 2. The van der Waals surface area contributed by atoms with Crippen LogP contribution in [0.5, 0.6) is 0 Å². The van der Waals surface area contributed by atoms with Crippen molar-refractivity contribution < 1.29 is 19.1 Å². The molecule has 0 aromatic carbocycles. The molecule has 1 N–H and O–H groups in total. The number of carbonyl (C=O) groups is 2. The first-order valence-electron chi connectivity index (χ1n) is 8.36. The van der Waals surface area contributed by atoms with Gasteiger partial charge in [0.15, 0.2) is 0 Å². The minimum absolute atomic E-state index is 0.151. The Hall–Kier alpha value is -1.40. The van der Waals surface area contributed by atoms with Crippen molar-refractivity contribution in [3.63, 3.8) is 0 Å². The maximum absolute atomic E-state index is 12.3. The van der Waals surface area contributed by atoms with Gasteiger partial charge in [-0.2, -0.15) is 0 Å². The van der Waals surface area contributed by atoms with E-state index in [0.29, 0.717) is 17.2 Å². The van der Waals surface area contributed by atoms with E-state index in [4.69, 9.17) is 9.47 Å². The second-order valence-corrected chi connectivity index (χ2v) is 7.21. The number of amides is 1. The van der Waals surface area contributed by atoms with E-state index < -0.39 is 6.10 Å². The normalized spacial score (nSPS) is 21.2. The summed E-state index contributed by atoms with van der Waals surface area (Å²) in [6.07, 6.45) is 7.72. The first-order chi connectivity index (χ1) is 11.2. The number of hydrogen-bond acceptors (Lipinski definition) is 5. The number of hydrogen-bond donors (Lipinski definition) is 1. The Morgan fingerprint density at radius 2 is 1.96 bits per heavy atom. The third-order valence-corrected chi connectivity index (χ3v) is 5.73. The van der Waals surface area contributed by atoms with Crippen LogP contribution in [0.25, 0.3) is 0 Å². The Bertz CT molecular complexity index is 590. The molecule has 1 aromatic rings. The molecule has 6 heteroatoms. The second-order valence-electron chi connectivity index (χ2n) is 6.10. The predicted molar refractivity (Wildman–Crippen MR) is 89.1 cm³/mol. The van der Waals surface area contributed by atoms with E-state index in [9.17, 15) is 9.59 Å². The first kappa shape index (κ1) is 16.5. The molecule has 2 aliphatic rings. The van der Waals surface area contributed by atoms with E-state index in [2.05, 4.69) is 5.32 Å². The number of rotatable bonds is 3. The molecule has 1 amide bonds. The van der Waals surface area contributed by atoms with Gasteiger partial charge in [-0.1, -0.05) is 12.8 Å². The fraction of sp³-hybridized carbons (Fsp3) is 0.647. The summed E-state index contributed by atoms with van der Waals surface area (Å²) in [5.74, 6) is -0.507. The summed E-state index contributed by atoms with van der Waals surface area (Å²) in [4.78, 5) is 25.8. The molecule has 1 saturated heterocycles. The number of ether oxygens (including phenoxy) is 2. The monoisotopic (exact) mass is 337 g/mol. The molecule has 0 bridgehead atoms. The van der Waals surface area contributed by atoms with Crippen LogP contribution in [0.3, 0.4) is 0 Å². The first-order valence-corrected chi connectivity index (χ1v) is 9.17. The Kier molecular flexibility index (Phi) is 5.33. The summed E-state index contributed by atoms with van der Waals surface area (Å²) in [5, 5.41) is 3.55. The number of fused-ring (bicyclic) bond motifs is 1. The predicted octanol–water partition coefficient (Wildman–Crippen LogP) is 3.31. The highest BCUT2D eigenvalue weighted by atomic mass is 32.1. The minimum Gasteiger partial charge on any atom is -0.465 e. The number of thiophene rings is 1. The van der Waals surface area contributed by atoms with Gasteiger partial charge in [0.2, 0.25) is 0 Å². The zero-order valence-electron chi connectivity index (χ0n) is 13.5. The van der Waals surface area contributed by atoms with Crippen molar-refractivity contribution in [2.45, 2.75) is 57.5 Å². The average Bonchev–Trinajstić information content (AvgIpc) is 3.15. The highest BCUT2D eigenvalue weighted by Crippen LogP contribution is 2.37. The Balaban J connectivity index is 1.89. The lowest BCUT2D eigenvalue weighted by Crippen LogP contribution is -2.27. The number of methoxy groups -OCH3 is 1. The molecule has 1 fully saturated rings. The molecule has 0 unspecified atom stereocenters. The fourth-order valence-corrected chi connectivity index (χ4v) is 4.58. The maximum Gasteiger partial charge on any atom is 0.341 e. The smallest absolute Gasteiger partial charge is 0.341 e. The molecule has 1 aliphatic heterocycles. The van der Waals surface area contributed by atoms with E-state index >= 15 is 0 Å². The van der Waals surface area contributed by atoms with E-state index in [-0.39, 0.29) is 11.9 Å². The summed E-state index contributed by atoms with van der Waals surface area (Å²) in [7, 11) is 1.39. The Morgan fingerprint density at radius 3 is 2.65 bits per heavy atom. The maximum atomic E-state index is 12.3. The van der Waals surface area contributed by atoms with Crippen molar-refractivity contribution in [1.29, 1.82) is 0 Å². The summed E-state index contributed by atoms with van der Waals surface area (Å²) in [6, 6.07) is 0. The number of anilines is 1. The van der Waals surface area contributed by atoms with Crippen LogP contribution in [0.4, 0.5) is 5.00 Å². The van der Waals surface area contributed by atoms with E-state index in [1.165, 1.54) is 36.2 Å². The lowest BCUT2D eigenvalue weighted by molar-refractivity contribution is -0.124. The topological polar surface area (TPSA) is 64.6 Å². The highest BCUT2D eigenvalue weighted by molar-refractivity contribution is 7.17. The van der Waals surface area contributed by atoms with Crippen LogP contribution < -0.4 is 5.32 Å². The van der Waals surface area contributed by atoms with Gasteiger partial charge in [0, 0.05) is 11.5 Å². The molecule has 126 valence electrons. The number of esters is 1. The van der Waals surface area contributed by atoms with Crippen LogP contribution in [0.1, 0.15) is 59.3 Å². The molecule has 2 heterocycles. The van der Waals surface area contributed by atoms with Gasteiger partial charge in [-0.25, -0.2) is 4.79 Å². The summed E-state index contributed by atoms with van der Waals surface area (Å²) in [6.45, 7) is 0.628. The van der Waals surface area contributed by atoms with Gasteiger partial charge in [0.25, 0.3) is 5.91 Å². The van der Waals surface area contributed by atoms with E-state index in [1.807, 2.05) is 0 Å². The van der Waals surface area contributed by atoms with Crippen LogP contribution in [-0.4, -0.2) is 31.7 Å². The van der Waals surface area contributed by atoms with Crippen molar-refractivity contribution in [3.8, 4) is 0 Å². The molecular weight excluding hydrogens is 314 g/mol. The van der Waals surface area contributed by atoms with Gasteiger partial charge in [0.1, 0.15) is 11.1 Å². The zero-order chi connectivity index (χ0) is 16.2. The lowest BCUT2D eigenvalue weighted by Gasteiger charge is -2.12. The third-order valence-electron chi connectivity index (χ3n) is 4.52. The molecule has 1 aromatic heterocycles. The zero-order valence-corrected chi connectivity index (χ0v) is 14.3. The van der Waals surface area contributed by atoms with Crippen LogP contribution in [-0.2, 0) is 27.1 Å². The van der Waals surface area contributed by atoms with Gasteiger partial charge in [0.05, 0.1) is 12.7 Å². The molecule has 1 atom stereocenters. The molecular formula is C17H23NO4S. The van der Waals surface area contributed by atoms with Crippen LogP contribution in [0, 0.1) is 0 Å². The molecule has 0 radical (unpaired) electrons. The molecule has 5 nitrogen and oxygen atoms in total. The van der Waals surface area contributed by atoms with Gasteiger partial charge in [-0.05, 0) is 44.1 Å². The summed E-state index contributed by atoms with van der Waals surface area (Å²) >= 11 is 1.53. The van der Waals surface area contributed by atoms with Gasteiger partial charge in [-0.3, -0.25) is 4.79 Å². The summed E-state index contributed by atoms with van der Waals surface area (Å²) in [5.41, 5.74) is 1.63. The standard InChI is InChI=1S/C17H23NO4S/c1-21-17(20)14-11-7-4-2-3-5-9-13(11)23-16(14)18-15(19)12-8-6-10-22-12/h12H,2-10H2,1H3,(H,18,19)/t12-/m0/s1. The minimum atomic E-state index is -0.398. The molecule has 3 rings (SSSR count). The average molecular weight is 337 g/mol. The number of aryl methyl sites for hydroxylation is 1. The van der Waals surface area contributed by atoms with Crippen molar-refractivity contribution in [3.05, 3.63) is 16.0 Å². The Labute approximate surface area is 140 Å². The van der Waals surface area contributed by atoms with Crippen molar-refractivity contribution in [2.24, 2.45) is 0 Å². The lowest BCUT2D eigenvalue weighted by atomic mass is 9.96. The Morgan fingerprint density at radius 1 is 1.17 bits per heavy atom. The second kappa shape index (κ2) is 7.45. The fourth-order valence-electron chi connectivity index (χ4n) is 3.30. The largest absolute Gasteiger partial charge is 0.465 e. The summed E-state index contributed by atoms with van der Waals surface area (Å²) < 4.78 is 10.4. The van der Waals surface area contributed by atoms with Gasteiger partial charge in [-0.15, -0.1) is 11.3 Å². The van der Waals surface area contributed by atoms with E-state index in [1.54, 1.807) is 0 Å². The van der Waals surface area contributed by atoms with Crippen LogP contribution >= 0.6 is 11.3 Å². The number of nitrogens with one attached hydrogen (secondary N) is 1. The molecule has 23 heavy (non-hydrogen) atoms. The molecule has 0 spiro atoms. The van der Waals surface area contributed by atoms with E-state index in [0.717, 1.165) is 44.1 Å². The molecule has 0 saturated carbocycles.